The van der Waals surface area contributed by atoms with Crippen molar-refractivity contribution in [3.05, 3.63) is 23.8 Å². The number of benzene rings is 1. The van der Waals surface area contributed by atoms with Gasteiger partial charge in [-0.1, -0.05) is 11.6 Å². The first-order chi connectivity index (χ1) is 9.22. The molecular formula is C13H17N3O2S. The quantitative estimate of drug-likeness (QED) is 0.789. The van der Waals surface area contributed by atoms with E-state index in [1.54, 1.807) is 22.9 Å². The fourth-order valence-corrected chi connectivity index (χ4v) is 2.44. The van der Waals surface area contributed by atoms with Crippen molar-refractivity contribution >= 4 is 28.8 Å². The summed E-state index contributed by atoms with van der Waals surface area (Å²) in [5.41, 5.74) is 1.82. The third-order valence-electron chi connectivity index (χ3n) is 2.98. The van der Waals surface area contributed by atoms with Crippen molar-refractivity contribution in [2.75, 3.05) is 12.0 Å². The molecule has 0 radical (unpaired) electrons. The van der Waals surface area contributed by atoms with Crippen molar-refractivity contribution in [2.24, 2.45) is 0 Å². The van der Waals surface area contributed by atoms with Crippen LogP contribution in [0.4, 0.5) is 0 Å². The van der Waals surface area contributed by atoms with Crippen LogP contribution in [0.3, 0.4) is 0 Å². The van der Waals surface area contributed by atoms with Crippen LogP contribution in [0.2, 0.25) is 0 Å². The SMILES string of the molecule is CSCCCCCn1nnc2ccc(C(=O)O)cc21. The molecule has 19 heavy (non-hydrogen) atoms. The Morgan fingerprint density at radius 1 is 1.37 bits per heavy atom. The third-order valence-corrected chi connectivity index (χ3v) is 3.68. The van der Waals surface area contributed by atoms with Crippen molar-refractivity contribution in [1.29, 1.82) is 0 Å². The van der Waals surface area contributed by atoms with Gasteiger partial charge in [0.05, 0.1) is 11.1 Å². The van der Waals surface area contributed by atoms with Crippen LogP contribution in [0.25, 0.3) is 11.0 Å². The summed E-state index contributed by atoms with van der Waals surface area (Å²) in [6.45, 7) is 0.786. The molecule has 0 aliphatic rings. The molecule has 1 aromatic carbocycles. The van der Waals surface area contributed by atoms with Gasteiger partial charge in [-0.15, -0.1) is 5.10 Å². The molecular weight excluding hydrogens is 262 g/mol. The Kier molecular flexibility index (Phi) is 4.79. The van der Waals surface area contributed by atoms with Crippen molar-refractivity contribution < 1.29 is 9.90 Å². The summed E-state index contributed by atoms with van der Waals surface area (Å²) >= 11 is 1.86. The van der Waals surface area contributed by atoms with Gasteiger partial charge in [0.2, 0.25) is 0 Å². The number of fused-ring (bicyclic) bond motifs is 1. The number of carbonyl (C=O) groups is 1. The molecule has 1 aromatic heterocycles. The second kappa shape index (κ2) is 6.56. The second-order valence-electron chi connectivity index (χ2n) is 4.37. The Balaban J connectivity index is 2.06. The first kappa shape index (κ1) is 13.9. The van der Waals surface area contributed by atoms with E-state index in [0.717, 1.165) is 30.4 Å². The summed E-state index contributed by atoms with van der Waals surface area (Å²) in [6.07, 6.45) is 5.50. The first-order valence-corrected chi connectivity index (χ1v) is 7.67. The second-order valence-corrected chi connectivity index (χ2v) is 5.36. The molecule has 6 heteroatoms. The minimum Gasteiger partial charge on any atom is -0.478 e. The number of carboxylic acids is 1. The molecule has 0 spiro atoms. The number of aryl methyl sites for hydroxylation is 1. The molecule has 0 atom stereocenters. The molecule has 0 unspecified atom stereocenters. The molecule has 0 amide bonds. The maximum Gasteiger partial charge on any atom is 0.335 e. The Morgan fingerprint density at radius 2 is 2.21 bits per heavy atom. The number of aromatic nitrogens is 3. The average Bonchev–Trinajstić information content (AvgIpc) is 2.81. The zero-order valence-corrected chi connectivity index (χ0v) is 11.7. The van der Waals surface area contributed by atoms with Crippen molar-refractivity contribution in [3.8, 4) is 0 Å². The standard InChI is InChI=1S/C13H17N3O2S/c1-19-8-4-2-3-7-16-12-9-10(13(17)18)5-6-11(12)14-15-16/h5-6,9H,2-4,7-8H2,1H3,(H,17,18). The Bertz CT molecular complexity index is 568. The lowest BCUT2D eigenvalue weighted by Crippen LogP contribution is -2.02. The molecule has 0 saturated heterocycles. The molecule has 0 fully saturated rings. The first-order valence-electron chi connectivity index (χ1n) is 6.28. The van der Waals surface area contributed by atoms with E-state index in [9.17, 15) is 4.79 Å². The highest BCUT2D eigenvalue weighted by molar-refractivity contribution is 7.98. The van der Waals surface area contributed by atoms with E-state index in [2.05, 4.69) is 16.6 Å². The summed E-state index contributed by atoms with van der Waals surface area (Å²) in [7, 11) is 0. The Labute approximate surface area is 116 Å². The van der Waals surface area contributed by atoms with Gasteiger partial charge < -0.3 is 5.11 Å². The van der Waals surface area contributed by atoms with Gasteiger partial charge in [-0.25, -0.2) is 9.48 Å². The smallest absolute Gasteiger partial charge is 0.335 e. The van der Waals surface area contributed by atoms with Crippen LogP contribution >= 0.6 is 11.8 Å². The van der Waals surface area contributed by atoms with E-state index in [0.29, 0.717) is 0 Å². The van der Waals surface area contributed by atoms with E-state index in [1.807, 2.05) is 11.8 Å². The molecule has 0 saturated carbocycles. The highest BCUT2D eigenvalue weighted by Crippen LogP contribution is 2.14. The molecule has 0 aliphatic heterocycles. The van der Waals surface area contributed by atoms with E-state index >= 15 is 0 Å². The van der Waals surface area contributed by atoms with Gasteiger partial charge >= 0.3 is 5.97 Å². The minimum atomic E-state index is -0.922. The van der Waals surface area contributed by atoms with Gasteiger partial charge in [0, 0.05) is 6.54 Å². The molecule has 5 nitrogen and oxygen atoms in total. The maximum absolute atomic E-state index is 11.0. The average molecular weight is 279 g/mol. The largest absolute Gasteiger partial charge is 0.478 e. The minimum absolute atomic E-state index is 0.276. The highest BCUT2D eigenvalue weighted by Gasteiger charge is 2.08. The molecule has 0 aliphatic carbocycles. The van der Waals surface area contributed by atoms with Crippen LogP contribution in [0.1, 0.15) is 29.6 Å². The maximum atomic E-state index is 11.0. The van der Waals surface area contributed by atoms with Crippen LogP contribution in [-0.4, -0.2) is 38.1 Å². The monoisotopic (exact) mass is 279 g/mol. The Morgan fingerprint density at radius 3 is 2.95 bits per heavy atom. The van der Waals surface area contributed by atoms with E-state index in [4.69, 9.17) is 5.11 Å². The highest BCUT2D eigenvalue weighted by atomic mass is 32.2. The summed E-state index contributed by atoms with van der Waals surface area (Å²) < 4.78 is 1.79. The predicted octanol–water partition coefficient (Wildman–Crippen LogP) is 2.66. The molecule has 102 valence electrons. The van der Waals surface area contributed by atoms with E-state index < -0.39 is 5.97 Å². The van der Waals surface area contributed by atoms with Crippen LogP contribution in [0, 0.1) is 0 Å². The normalized spacial score (nSPS) is 11.0. The number of carboxylic acid groups (broad SMARTS) is 1. The van der Waals surface area contributed by atoms with Crippen LogP contribution < -0.4 is 0 Å². The number of hydrogen-bond donors (Lipinski definition) is 1. The fourth-order valence-electron chi connectivity index (χ4n) is 1.95. The summed E-state index contributed by atoms with van der Waals surface area (Å²) in [5, 5.41) is 17.1. The fraction of sp³-hybridized carbons (Fsp3) is 0.462. The molecule has 1 heterocycles. The number of nitrogens with zero attached hydrogens (tertiary/aromatic N) is 3. The summed E-state index contributed by atoms with van der Waals surface area (Å²) in [5.74, 6) is 0.260. The number of aromatic carboxylic acids is 1. The van der Waals surface area contributed by atoms with Crippen molar-refractivity contribution in [1.82, 2.24) is 15.0 Å². The van der Waals surface area contributed by atoms with Crippen molar-refractivity contribution in [2.45, 2.75) is 25.8 Å². The van der Waals surface area contributed by atoms with Crippen LogP contribution in [0.15, 0.2) is 18.2 Å². The number of thioether (sulfide) groups is 1. The lowest BCUT2D eigenvalue weighted by molar-refractivity contribution is 0.0697. The molecule has 2 rings (SSSR count). The topological polar surface area (TPSA) is 68.0 Å². The molecule has 1 N–H and O–H groups in total. The van der Waals surface area contributed by atoms with Gasteiger partial charge in [-0.2, -0.15) is 11.8 Å². The van der Waals surface area contributed by atoms with Crippen molar-refractivity contribution in [3.63, 3.8) is 0 Å². The van der Waals surface area contributed by atoms with E-state index in [-0.39, 0.29) is 5.56 Å². The third kappa shape index (κ3) is 3.47. The van der Waals surface area contributed by atoms with Gasteiger partial charge in [0.15, 0.2) is 0 Å². The van der Waals surface area contributed by atoms with Gasteiger partial charge in [0.1, 0.15) is 5.52 Å². The molecule has 2 aromatic rings. The van der Waals surface area contributed by atoms with Crippen LogP contribution in [0.5, 0.6) is 0 Å². The van der Waals surface area contributed by atoms with Gasteiger partial charge in [-0.05, 0) is 43.0 Å². The molecule has 0 bridgehead atoms. The van der Waals surface area contributed by atoms with E-state index in [1.165, 1.54) is 12.2 Å². The summed E-state index contributed by atoms with van der Waals surface area (Å²) in [4.78, 5) is 11.0. The Hall–Kier alpha value is -1.56. The zero-order chi connectivity index (χ0) is 13.7. The zero-order valence-electron chi connectivity index (χ0n) is 10.9. The van der Waals surface area contributed by atoms with Crippen LogP contribution in [-0.2, 0) is 6.54 Å². The lowest BCUT2D eigenvalue weighted by Gasteiger charge is -2.02. The van der Waals surface area contributed by atoms with Gasteiger partial charge in [0.25, 0.3) is 0 Å². The lowest BCUT2D eigenvalue weighted by atomic mass is 10.2. The predicted molar refractivity (Wildman–Crippen MR) is 76.7 cm³/mol. The number of rotatable bonds is 7. The number of hydrogen-bond acceptors (Lipinski definition) is 4. The summed E-state index contributed by atoms with van der Waals surface area (Å²) in [6, 6.07) is 4.90. The van der Waals surface area contributed by atoms with Gasteiger partial charge in [-0.3, -0.25) is 0 Å². The number of unbranched alkanes of at least 4 members (excludes halogenated alkanes) is 2.